The third-order valence-electron chi connectivity index (χ3n) is 4.20. The average molecular weight is 295 g/mol. The van der Waals surface area contributed by atoms with Crippen molar-refractivity contribution in [1.29, 1.82) is 0 Å². The van der Waals surface area contributed by atoms with Crippen molar-refractivity contribution >= 4 is 24.2 Å². The summed E-state index contributed by atoms with van der Waals surface area (Å²) in [4.78, 5) is 25.9. The van der Waals surface area contributed by atoms with Gasteiger partial charge in [0.05, 0.1) is 11.1 Å². The van der Waals surface area contributed by atoms with E-state index < -0.39 is 5.54 Å². The average Bonchev–Trinajstić information content (AvgIpc) is 2.65. The largest absolute Gasteiger partial charge is 0.324 e. The standard InChI is InChI=1S/C15H18N2O2.ClH/c16-15(8-4-1-5-9-15)10-17-13(18)11-6-2-3-7-12(11)14(17)19;/h2-3,6-7H,1,4-5,8-10,16H2;1H. The molecule has 0 spiro atoms. The molecule has 0 aromatic heterocycles. The van der Waals surface area contributed by atoms with Gasteiger partial charge >= 0.3 is 0 Å². The normalized spacial score (nSPS) is 20.6. The molecule has 3 rings (SSSR count). The molecule has 0 unspecified atom stereocenters. The minimum atomic E-state index is -0.397. The predicted molar refractivity (Wildman–Crippen MR) is 79.1 cm³/mol. The van der Waals surface area contributed by atoms with Gasteiger partial charge in [-0.1, -0.05) is 31.4 Å². The molecule has 4 nitrogen and oxygen atoms in total. The molecule has 2 aliphatic rings. The van der Waals surface area contributed by atoms with Crippen molar-refractivity contribution in [1.82, 2.24) is 4.90 Å². The monoisotopic (exact) mass is 294 g/mol. The molecule has 1 aromatic rings. The van der Waals surface area contributed by atoms with Crippen molar-refractivity contribution in [3.63, 3.8) is 0 Å². The first-order valence-electron chi connectivity index (χ1n) is 6.85. The molecular weight excluding hydrogens is 276 g/mol. The highest BCUT2D eigenvalue weighted by atomic mass is 35.5. The van der Waals surface area contributed by atoms with Crippen LogP contribution in [0.15, 0.2) is 24.3 Å². The van der Waals surface area contributed by atoms with Crippen LogP contribution in [0.1, 0.15) is 52.8 Å². The fraction of sp³-hybridized carbons (Fsp3) is 0.467. The maximum atomic E-state index is 12.3. The zero-order valence-corrected chi connectivity index (χ0v) is 12.1. The van der Waals surface area contributed by atoms with Crippen LogP contribution in [0.5, 0.6) is 0 Å². The molecule has 20 heavy (non-hydrogen) atoms. The topological polar surface area (TPSA) is 63.4 Å². The minimum absolute atomic E-state index is 0. The molecule has 2 N–H and O–H groups in total. The molecular formula is C15H19ClN2O2. The number of imide groups is 1. The number of amides is 2. The first-order valence-corrected chi connectivity index (χ1v) is 6.85. The Bertz CT molecular complexity index is 503. The van der Waals surface area contributed by atoms with Crippen LogP contribution in [-0.2, 0) is 0 Å². The number of carbonyl (C=O) groups excluding carboxylic acids is 2. The van der Waals surface area contributed by atoms with Gasteiger partial charge in [0.1, 0.15) is 0 Å². The smallest absolute Gasteiger partial charge is 0.261 e. The van der Waals surface area contributed by atoms with Gasteiger partial charge in [0.15, 0.2) is 0 Å². The van der Waals surface area contributed by atoms with E-state index in [0.717, 1.165) is 25.7 Å². The van der Waals surface area contributed by atoms with Crippen molar-refractivity contribution in [3.8, 4) is 0 Å². The molecule has 1 aliphatic heterocycles. The summed E-state index contributed by atoms with van der Waals surface area (Å²) in [6, 6.07) is 6.98. The summed E-state index contributed by atoms with van der Waals surface area (Å²) >= 11 is 0. The van der Waals surface area contributed by atoms with Gasteiger partial charge < -0.3 is 5.73 Å². The van der Waals surface area contributed by atoms with Crippen LogP contribution in [0, 0.1) is 0 Å². The molecule has 2 amide bonds. The Morgan fingerprint density at radius 1 is 1.00 bits per heavy atom. The number of rotatable bonds is 2. The number of halogens is 1. The van der Waals surface area contributed by atoms with Crippen LogP contribution in [0.3, 0.4) is 0 Å². The van der Waals surface area contributed by atoms with Gasteiger partial charge in [-0.15, -0.1) is 12.4 Å². The second-order valence-electron chi connectivity index (χ2n) is 5.67. The van der Waals surface area contributed by atoms with Crippen molar-refractivity contribution in [2.24, 2.45) is 5.73 Å². The first-order chi connectivity index (χ1) is 9.11. The lowest BCUT2D eigenvalue weighted by Gasteiger charge is -2.35. The Morgan fingerprint density at radius 2 is 1.50 bits per heavy atom. The number of nitrogens with two attached hydrogens (primary N) is 1. The summed E-state index contributed by atoms with van der Waals surface area (Å²) in [6.07, 6.45) is 5.14. The van der Waals surface area contributed by atoms with Gasteiger partial charge in [-0.3, -0.25) is 14.5 Å². The summed E-state index contributed by atoms with van der Waals surface area (Å²) < 4.78 is 0. The number of hydrogen-bond acceptors (Lipinski definition) is 3. The zero-order chi connectivity index (χ0) is 13.5. The highest BCUT2D eigenvalue weighted by Gasteiger charge is 2.40. The summed E-state index contributed by atoms with van der Waals surface area (Å²) in [5, 5.41) is 0. The number of hydrogen-bond donors (Lipinski definition) is 1. The SMILES string of the molecule is Cl.NC1(CN2C(=O)c3ccccc3C2=O)CCCCC1. The van der Waals surface area contributed by atoms with Gasteiger partial charge in [0, 0.05) is 12.1 Å². The second-order valence-corrected chi connectivity index (χ2v) is 5.67. The van der Waals surface area contributed by atoms with E-state index in [1.807, 2.05) is 0 Å². The summed E-state index contributed by atoms with van der Waals surface area (Å²) in [5.74, 6) is -0.396. The molecule has 1 fully saturated rings. The van der Waals surface area contributed by atoms with E-state index in [2.05, 4.69) is 0 Å². The fourth-order valence-corrected chi connectivity index (χ4v) is 3.11. The van der Waals surface area contributed by atoms with Crippen LogP contribution >= 0.6 is 12.4 Å². The zero-order valence-electron chi connectivity index (χ0n) is 11.3. The van der Waals surface area contributed by atoms with Crippen LogP contribution in [-0.4, -0.2) is 28.8 Å². The van der Waals surface area contributed by atoms with E-state index in [1.165, 1.54) is 11.3 Å². The van der Waals surface area contributed by atoms with Gasteiger partial charge in [-0.25, -0.2) is 0 Å². The minimum Gasteiger partial charge on any atom is -0.324 e. The predicted octanol–water partition coefficient (Wildman–Crippen LogP) is 2.37. The Kier molecular flexibility index (Phi) is 4.16. The molecule has 1 heterocycles. The van der Waals surface area contributed by atoms with Gasteiger partial charge in [-0.05, 0) is 25.0 Å². The molecule has 0 radical (unpaired) electrons. The Hall–Kier alpha value is -1.39. The third kappa shape index (κ3) is 2.45. The Morgan fingerprint density at radius 3 is 2.00 bits per heavy atom. The quantitative estimate of drug-likeness (QED) is 0.852. The van der Waals surface area contributed by atoms with Gasteiger partial charge in [0.25, 0.3) is 11.8 Å². The number of carbonyl (C=O) groups is 2. The van der Waals surface area contributed by atoms with Crippen molar-refractivity contribution in [2.75, 3.05) is 6.54 Å². The molecule has 1 aliphatic carbocycles. The first kappa shape index (κ1) is 15.0. The molecule has 0 saturated heterocycles. The lowest BCUT2D eigenvalue weighted by atomic mass is 9.82. The van der Waals surface area contributed by atoms with Crippen LogP contribution in [0.25, 0.3) is 0 Å². The van der Waals surface area contributed by atoms with Crippen LogP contribution in [0.4, 0.5) is 0 Å². The van der Waals surface area contributed by atoms with E-state index >= 15 is 0 Å². The molecule has 0 atom stereocenters. The molecule has 1 aromatic carbocycles. The molecule has 1 saturated carbocycles. The maximum absolute atomic E-state index is 12.3. The summed E-state index contributed by atoms with van der Waals surface area (Å²) in [6.45, 7) is 0.347. The third-order valence-corrected chi connectivity index (χ3v) is 4.20. The van der Waals surface area contributed by atoms with Gasteiger partial charge in [-0.2, -0.15) is 0 Å². The Balaban J connectivity index is 0.00000147. The number of benzene rings is 1. The van der Waals surface area contributed by atoms with E-state index in [-0.39, 0.29) is 24.2 Å². The molecule has 5 heteroatoms. The Labute approximate surface area is 124 Å². The highest BCUT2D eigenvalue weighted by Crippen LogP contribution is 2.30. The summed E-state index contributed by atoms with van der Waals surface area (Å²) in [5.41, 5.74) is 6.97. The lowest BCUT2D eigenvalue weighted by Crippen LogP contribution is -2.52. The van der Waals surface area contributed by atoms with Gasteiger partial charge in [0.2, 0.25) is 0 Å². The number of nitrogens with zero attached hydrogens (tertiary/aromatic N) is 1. The van der Waals surface area contributed by atoms with Crippen molar-refractivity contribution in [2.45, 2.75) is 37.6 Å². The summed E-state index contributed by atoms with van der Waals surface area (Å²) in [7, 11) is 0. The maximum Gasteiger partial charge on any atom is 0.261 e. The van der Waals surface area contributed by atoms with E-state index in [4.69, 9.17) is 5.73 Å². The molecule has 108 valence electrons. The van der Waals surface area contributed by atoms with E-state index in [1.54, 1.807) is 24.3 Å². The van der Waals surface area contributed by atoms with Crippen LogP contribution < -0.4 is 5.73 Å². The van der Waals surface area contributed by atoms with Crippen molar-refractivity contribution < 1.29 is 9.59 Å². The highest BCUT2D eigenvalue weighted by molar-refractivity contribution is 6.21. The van der Waals surface area contributed by atoms with E-state index in [0.29, 0.717) is 17.7 Å². The van der Waals surface area contributed by atoms with Crippen molar-refractivity contribution in [3.05, 3.63) is 35.4 Å². The second kappa shape index (κ2) is 5.54. The molecule has 0 bridgehead atoms. The lowest BCUT2D eigenvalue weighted by molar-refractivity contribution is 0.0597. The van der Waals surface area contributed by atoms with E-state index in [9.17, 15) is 9.59 Å². The van der Waals surface area contributed by atoms with Crippen LogP contribution in [0.2, 0.25) is 0 Å². The number of fused-ring (bicyclic) bond motifs is 1. The fourth-order valence-electron chi connectivity index (χ4n) is 3.11.